The lowest BCUT2D eigenvalue weighted by atomic mass is 9.90. The van der Waals surface area contributed by atoms with E-state index < -0.39 is 0 Å². The van der Waals surface area contributed by atoms with Crippen molar-refractivity contribution in [3.8, 4) is 5.75 Å². The smallest absolute Gasteiger partial charge is 0.118 e. The number of ether oxygens (including phenoxy) is 1. The van der Waals surface area contributed by atoms with E-state index in [1.165, 1.54) is 24.9 Å². The van der Waals surface area contributed by atoms with Gasteiger partial charge in [0.05, 0.1) is 7.11 Å². The predicted molar refractivity (Wildman–Crippen MR) is 84.2 cm³/mol. The first kappa shape index (κ1) is 15.3. The van der Waals surface area contributed by atoms with Gasteiger partial charge in [0.25, 0.3) is 0 Å². The van der Waals surface area contributed by atoms with E-state index in [0.717, 1.165) is 25.1 Å². The number of benzene rings is 1. The molecule has 0 saturated carbocycles. The van der Waals surface area contributed by atoms with E-state index in [-0.39, 0.29) is 5.54 Å². The predicted octanol–water partition coefficient (Wildman–Crippen LogP) is 2.83. The van der Waals surface area contributed by atoms with Crippen LogP contribution in [0.5, 0.6) is 5.75 Å². The lowest BCUT2D eigenvalue weighted by Crippen LogP contribution is -2.53. The number of nitrogens with zero attached hydrogens (tertiary/aromatic N) is 1. The highest BCUT2D eigenvalue weighted by Crippen LogP contribution is 2.29. The Bertz CT molecular complexity index is 418. The maximum atomic E-state index is 6.10. The molecule has 1 saturated heterocycles. The molecule has 1 aliphatic rings. The lowest BCUT2D eigenvalue weighted by Gasteiger charge is -2.41. The van der Waals surface area contributed by atoms with Crippen LogP contribution in [-0.4, -0.2) is 36.7 Å². The molecule has 1 fully saturated rings. The molecular weight excluding hydrogens is 248 g/mol. The molecule has 0 amide bonds. The van der Waals surface area contributed by atoms with E-state index in [1.807, 2.05) is 12.1 Å². The summed E-state index contributed by atoms with van der Waals surface area (Å²) in [5.41, 5.74) is 7.58. The summed E-state index contributed by atoms with van der Waals surface area (Å²) in [7, 11) is 1.70. The van der Waals surface area contributed by atoms with Gasteiger partial charge in [-0.25, -0.2) is 0 Å². The first-order valence-electron chi connectivity index (χ1n) is 7.69. The van der Waals surface area contributed by atoms with Gasteiger partial charge < -0.3 is 10.5 Å². The van der Waals surface area contributed by atoms with Gasteiger partial charge >= 0.3 is 0 Å². The first-order chi connectivity index (χ1) is 9.59. The minimum absolute atomic E-state index is 0.121. The van der Waals surface area contributed by atoms with Crippen molar-refractivity contribution in [3.63, 3.8) is 0 Å². The Morgan fingerprint density at radius 1 is 1.35 bits per heavy atom. The SMILES string of the molecule is COc1ccc(CCC(C)(CN)N2CCCC2C)cc1. The van der Waals surface area contributed by atoms with Gasteiger partial charge in [0.2, 0.25) is 0 Å². The van der Waals surface area contributed by atoms with E-state index in [2.05, 4.69) is 30.9 Å². The molecule has 3 nitrogen and oxygen atoms in total. The molecule has 2 unspecified atom stereocenters. The molecule has 112 valence electrons. The van der Waals surface area contributed by atoms with Gasteiger partial charge in [-0.3, -0.25) is 4.90 Å². The molecule has 3 heteroatoms. The summed E-state index contributed by atoms with van der Waals surface area (Å²) in [5, 5.41) is 0. The van der Waals surface area contributed by atoms with Gasteiger partial charge in [-0.15, -0.1) is 0 Å². The monoisotopic (exact) mass is 276 g/mol. The Hall–Kier alpha value is -1.06. The summed E-state index contributed by atoms with van der Waals surface area (Å²) in [6.45, 7) is 6.57. The zero-order valence-electron chi connectivity index (χ0n) is 13.1. The number of hydrogen-bond donors (Lipinski definition) is 1. The number of aryl methyl sites for hydroxylation is 1. The normalized spacial score (nSPS) is 22.7. The van der Waals surface area contributed by atoms with Crippen LogP contribution in [0.1, 0.15) is 38.7 Å². The fourth-order valence-corrected chi connectivity index (χ4v) is 3.30. The molecule has 2 atom stereocenters. The molecule has 1 aromatic carbocycles. The van der Waals surface area contributed by atoms with Crippen LogP contribution in [0, 0.1) is 0 Å². The molecule has 2 rings (SSSR count). The van der Waals surface area contributed by atoms with E-state index in [4.69, 9.17) is 10.5 Å². The Kier molecular flexibility index (Phi) is 5.06. The molecule has 1 heterocycles. The van der Waals surface area contributed by atoms with E-state index in [9.17, 15) is 0 Å². The second kappa shape index (κ2) is 6.59. The van der Waals surface area contributed by atoms with Crippen molar-refractivity contribution in [2.45, 2.75) is 51.1 Å². The number of rotatable bonds is 6. The standard InChI is InChI=1S/C17H28N2O/c1-14-5-4-12-19(14)17(2,13-18)11-10-15-6-8-16(20-3)9-7-15/h6-9,14H,4-5,10-13,18H2,1-3H3. The average Bonchev–Trinajstić information content (AvgIpc) is 2.92. The Balaban J connectivity index is 1.98. The first-order valence-corrected chi connectivity index (χ1v) is 7.69. The quantitative estimate of drug-likeness (QED) is 0.868. The molecule has 0 spiro atoms. The van der Waals surface area contributed by atoms with Gasteiger partial charge in [0.1, 0.15) is 5.75 Å². The van der Waals surface area contributed by atoms with Gasteiger partial charge in [-0.05, 0) is 63.8 Å². The van der Waals surface area contributed by atoms with E-state index in [0.29, 0.717) is 6.04 Å². The van der Waals surface area contributed by atoms with Crippen LogP contribution in [0.25, 0.3) is 0 Å². The third kappa shape index (κ3) is 3.33. The largest absolute Gasteiger partial charge is 0.497 e. The van der Waals surface area contributed by atoms with Crippen LogP contribution in [0.15, 0.2) is 24.3 Å². The zero-order valence-corrected chi connectivity index (χ0v) is 13.1. The topological polar surface area (TPSA) is 38.5 Å². The number of nitrogens with two attached hydrogens (primary N) is 1. The van der Waals surface area contributed by atoms with Crippen LogP contribution in [-0.2, 0) is 6.42 Å². The fourth-order valence-electron chi connectivity index (χ4n) is 3.30. The number of methoxy groups -OCH3 is 1. The summed E-state index contributed by atoms with van der Waals surface area (Å²) in [6, 6.07) is 9.05. The Morgan fingerprint density at radius 3 is 2.55 bits per heavy atom. The molecule has 0 radical (unpaired) electrons. The van der Waals surface area contributed by atoms with Crippen LogP contribution < -0.4 is 10.5 Å². The van der Waals surface area contributed by atoms with E-state index >= 15 is 0 Å². The minimum atomic E-state index is 0.121. The highest BCUT2D eigenvalue weighted by molar-refractivity contribution is 5.27. The molecular formula is C17H28N2O. The molecule has 0 aliphatic carbocycles. The van der Waals surface area contributed by atoms with Crippen molar-refractivity contribution < 1.29 is 4.74 Å². The number of hydrogen-bond acceptors (Lipinski definition) is 3. The van der Waals surface area contributed by atoms with E-state index in [1.54, 1.807) is 7.11 Å². The Labute approximate surface area is 123 Å². The third-order valence-corrected chi connectivity index (χ3v) is 4.80. The van der Waals surface area contributed by atoms with Crippen molar-refractivity contribution in [1.29, 1.82) is 0 Å². The fraction of sp³-hybridized carbons (Fsp3) is 0.647. The molecule has 20 heavy (non-hydrogen) atoms. The number of likely N-dealkylation sites (tertiary alicyclic amines) is 1. The summed E-state index contributed by atoms with van der Waals surface area (Å²) in [5.74, 6) is 0.920. The second-order valence-electron chi connectivity index (χ2n) is 6.23. The van der Waals surface area contributed by atoms with Gasteiger partial charge in [-0.1, -0.05) is 12.1 Å². The summed E-state index contributed by atoms with van der Waals surface area (Å²) < 4.78 is 5.20. The summed E-state index contributed by atoms with van der Waals surface area (Å²) in [6.07, 6.45) is 4.79. The molecule has 1 aromatic rings. The molecule has 0 aromatic heterocycles. The van der Waals surface area contributed by atoms with Crippen molar-refractivity contribution in [1.82, 2.24) is 4.90 Å². The Morgan fingerprint density at radius 2 is 2.05 bits per heavy atom. The third-order valence-electron chi connectivity index (χ3n) is 4.80. The summed E-state index contributed by atoms with van der Waals surface area (Å²) in [4.78, 5) is 2.61. The van der Waals surface area contributed by atoms with Gasteiger partial charge in [-0.2, -0.15) is 0 Å². The van der Waals surface area contributed by atoms with Gasteiger partial charge in [0, 0.05) is 18.1 Å². The van der Waals surface area contributed by atoms with Crippen LogP contribution in [0.2, 0.25) is 0 Å². The van der Waals surface area contributed by atoms with Crippen molar-refractivity contribution in [2.24, 2.45) is 5.73 Å². The lowest BCUT2D eigenvalue weighted by molar-refractivity contribution is 0.0951. The second-order valence-corrected chi connectivity index (χ2v) is 6.23. The average molecular weight is 276 g/mol. The highest BCUT2D eigenvalue weighted by atomic mass is 16.5. The summed E-state index contributed by atoms with van der Waals surface area (Å²) >= 11 is 0. The maximum absolute atomic E-state index is 6.10. The molecule has 2 N–H and O–H groups in total. The van der Waals surface area contributed by atoms with Crippen molar-refractivity contribution in [2.75, 3.05) is 20.2 Å². The zero-order chi connectivity index (χ0) is 14.6. The maximum Gasteiger partial charge on any atom is 0.118 e. The molecule has 0 bridgehead atoms. The molecule has 1 aliphatic heterocycles. The van der Waals surface area contributed by atoms with Crippen molar-refractivity contribution in [3.05, 3.63) is 29.8 Å². The van der Waals surface area contributed by atoms with Crippen LogP contribution in [0.4, 0.5) is 0 Å². The van der Waals surface area contributed by atoms with Crippen LogP contribution >= 0.6 is 0 Å². The van der Waals surface area contributed by atoms with Gasteiger partial charge in [0.15, 0.2) is 0 Å². The highest BCUT2D eigenvalue weighted by Gasteiger charge is 2.35. The van der Waals surface area contributed by atoms with Crippen molar-refractivity contribution >= 4 is 0 Å². The minimum Gasteiger partial charge on any atom is -0.497 e. The van der Waals surface area contributed by atoms with Crippen LogP contribution in [0.3, 0.4) is 0 Å².